The molecule has 0 bridgehead atoms. The minimum atomic E-state index is -0.308. The molecular weight excluding hydrogens is 266 g/mol. The molecule has 0 aromatic heterocycles. The number of anilines is 2. The number of nitrogens with one attached hydrogen (secondary N) is 2. The summed E-state index contributed by atoms with van der Waals surface area (Å²) in [6.07, 6.45) is 0. The summed E-state index contributed by atoms with van der Waals surface area (Å²) >= 11 is 0. The molecule has 2 amide bonds. The Hall–Kier alpha value is -3.13. The Balaban J connectivity index is 2.16. The summed E-state index contributed by atoms with van der Waals surface area (Å²) in [6, 6.07) is 15.3. The SMILES string of the molecule is CC(=O)Nc1cccc(C(=O)Nc2cccc(C#N)c2)c1. The Bertz CT molecular complexity index is 732. The molecule has 2 aromatic carbocycles. The van der Waals surface area contributed by atoms with Gasteiger partial charge in [0.1, 0.15) is 0 Å². The Morgan fingerprint density at radius 3 is 2.33 bits per heavy atom. The second-order valence-electron chi connectivity index (χ2n) is 4.41. The predicted molar refractivity (Wildman–Crippen MR) is 79.9 cm³/mol. The maximum absolute atomic E-state index is 12.1. The van der Waals surface area contributed by atoms with Gasteiger partial charge in [-0.3, -0.25) is 9.59 Å². The Kier molecular flexibility index (Phi) is 4.32. The molecule has 21 heavy (non-hydrogen) atoms. The molecule has 0 atom stereocenters. The van der Waals surface area contributed by atoms with E-state index >= 15 is 0 Å². The molecule has 5 nitrogen and oxygen atoms in total. The molecule has 0 aliphatic rings. The smallest absolute Gasteiger partial charge is 0.255 e. The zero-order chi connectivity index (χ0) is 15.2. The molecule has 0 aliphatic heterocycles. The Morgan fingerprint density at radius 1 is 1.00 bits per heavy atom. The van der Waals surface area contributed by atoms with Crippen LogP contribution in [0.2, 0.25) is 0 Å². The lowest BCUT2D eigenvalue weighted by Gasteiger charge is -2.07. The van der Waals surface area contributed by atoms with Crippen LogP contribution in [0, 0.1) is 11.3 Å². The molecule has 0 saturated carbocycles. The first-order valence-corrected chi connectivity index (χ1v) is 6.27. The maximum Gasteiger partial charge on any atom is 0.255 e. The van der Waals surface area contributed by atoms with Crippen molar-refractivity contribution in [3.8, 4) is 6.07 Å². The van der Waals surface area contributed by atoms with Crippen molar-refractivity contribution in [1.82, 2.24) is 0 Å². The molecule has 0 heterocycles. The fraction of sp³-hybridized carbons (Fsp3) is 0.0625. The van der Waals surface area contributed by atoms with Gasteiger partial charge in [0.25, 0.3) is 5.91 Å². The monoisotopic (exact) mass is 279 g/mol. The van der Waals surface area contributed by atoms with Crippen molar-refractivity contribution in [1.29, 1.82) is 5.26 Å². The molecule has 2 aromatic rings. The second kappa shape index (κ2) is 6.35. The largest absolute Gasteiger partial charge is 0.326 e. The first-order chi connectivity index (χ1) is 10.1. The van der Waals surface area contributed by atoms with Crippen LogP contribution in [0.1, 0.15) is 22.8 Å². The molecule has 2 N–H and O–H groups in total. The van der Waals surface area contributed by atoms with E-state index in [9.17, 15) is 9.59 Å². The van der Waals surface area contributed by atoms with Crippen molar-refractivity contribution >= 4 is 23.2 Å². The van der Waals surface area contributed by atoms with Gasteiger partial charge < -0.3 is 10.6 Å². The second-order valence-corrected chi connectivity index (χ2v) is 4.41. The highest BCUT2D eigenvalue weighted by molar-refractivity contribution is 6.05. The van der Waals surface area contributed by atoms with E-state index in [1.165, 1.54) is 6.92 Å². The Labute approximate surface area is 122 Å². The standard InChI is InChI=1S/C16H13N3O2/c1-11(20)18-15-7-3-5-13(9-15)16(21)19-14-6-2-4-12(8-14)10-17/h2-9H,1H3,(H,18,20)(H,19,21). The summed E-state index contributed by atoms with van der Waals surface area (Å²) in [5.74, 6) is -0.508. The van der Waals surface area contributed by atoms with Crippen LogP contribution in [0.5, 0.6) is 0 Å². The van der Waals surface area contributed by atoms with Crippen LogP contribution in [0.3, 0.4) is 0 Å². The van der Waals surface area contributed by atoms with Gasteiger partial charge in [-0.25, -0.2) is 0 Å². The van der Waals surface area contributed by atoms with Gasteiger partial charge in [0.2, 0.25) is 5.91 Å². The molecule has 0 fully saturated rings. The number of amides is 2. The third-order valence-electron chi connectivity index (χ3n) is 2.69. The van der Waals surface area contributed by atoms with E-state index in [0.29, 0.717) is 22.5 Å². The van der Waals surface area contributed by atoms with E-state index in [4.69, 9.17) is 5.26 Å². The molecular formula is C16H13N3O2. The van der Waals surface area contributed by atoms with Crippen molar-refractivity contribution in [3.63, 3.8) is 0 Å². The van der Waals surface area contributed by atoms with Crippen LogP contribution in [-0.4, -0.2) is 11.8 Å². The molecule has 0 unspecified atom stereocenters. The number of hydrogen-bond acceptors (Lipinski definition) is 3. The third kappa shape index (κ3) is 3.91. The number of rotatable bonds is 3. The zero-order valence-corrected chi connectivity index (χ0v) is 11.4. The number of benzene rings is 2. The van der Waals surface area contributed by atoms with E-state index in [1.54, 1.807) is 48.5 Å². The van der Waals surface area contributed by atoms with Gasteiger partial charge >= 0.3 is 0 Å². The summed E-state index contributed by atoms with van der Waals surface area (Å²) in [6.45, 7) is 1.40. The lowest BCUT2D eigenvalue weighted by molar-refractivity contribution is -0.114. The number of carbonyl (C=O) groups excluding carboxylic acids is 2. The topological polar surface area (TPSA) is 82.0 Å². The summed E-state index contributed by atoms with van der Waals surface area (Å²) in [7, 11) is 0. The summed E-state index contributed by atoms with van der Waals surface area (Å²) in [5.41, 5.74) is 1.99. The van der Waals surface area contributed by atoms with E-state index in [-0.39, 0.29) is 11.8 Å². The lowest BCUT2D eigenvalue weighted by Crippen LogP contribution is -2.13. The number of carbonyl (C=O) groups is 2. The van der Waals surface area contributed by atoms with Crippen LogP contribution < -0.4 is 10.6 Å². The van der Waals surface area contributed by atoms with Gasteiger partial charge in [-0.05, 0) is 36.4 Å². The van der Waals surface area contributed by atoms with Gasteiger partial charge in [-0.2, -0.15) is 5.26 Å². The van der Waals surface area contributed by atoms with Gasteiger partial charge in [-0.15, -0.1) is 0 Å². The summed E-state index contributed by atoms with van der Waals surface area (Å²) in [5, 5.41) is 14.2. The van der Waals surface area contributed by atoms with Crippen molar-refractivity contribution in [2.45, 2.75) is 6.92 Å². The quantitative estimate of drug-likeness (QED) is 0.906. The van der Waals surface area contributed by atoms with Crippen molar-refractivity contribution in [3.05, 3.63) is 59.7 Å². The molecule has 104 valence electrons. The van der Waals surface area contributed by atoms with Gasteiger partial charge in [0.15, 0.2) is 0 Å². The van der Waals surface area contributed by atoms with E-state index in [2.05, 4.69) is 10.6 Å². The van der Waals surface area contributed by atoms with E-state index < -0.39 is 0 Å². The number of nitrogens with zero attached hydrogens (tertiary/aromatic N) is 1. The zero-order valence-electron chi connectivity index (χ0n) is 11.4. The fourth-order valence-corrected chi connectivity index (χ4v) is 1.81. The van der Waals surface area contributed by atoms with E-state index in [0.717, 1.165) is 0 Å². The molecule has 0 aliphatic carbocycles. The lowest BCUT2D eigenvalue weighted by atomic mass is 10.1. The highest BCUT2D eigenvalue weighted by Gasteiger charge is 2.07. The fourth-order valence-electron chi connectivity index (χ4n) is 1.81. The highest BCUT2D eigenvalue weighted by atomic mass is 16.2. The molecule has 2 rings (SSSR count). The third-order valence-corrected chi connectivity index (χ3v) is 2.69. The van der Waals surface area contributed by atoms with Crippen LogP contribution in [0.25, 0.3) is 0 Å². The molecule has 0 spiro atoms. The average Bonchev–Trinajstić information content (AvgIpc) is 2.47. The number of hydrogen-bond donors (Lipinski definition) is 2. The maximum atomic E-state index is 12.1. The van der Waals surface area contributed by atoms with Crippen molar-refractivity contribution < 1.29 is 9.59 Å². The van der Waals surface area contributed by atoms with Gasteiger partial charge in [0.05, 0.1) is 11.6 Å². The average molecular weight is 279 g/mol. The van der Waals surface area contributed by atoms with Crippen LogP contribution >= 0.6 is 0 Å². The number of nitriles is 1. The van der Waals surface area contributed by atoms with Crippen LogP contribution in [0.4, 0.5) is 11.4 Å². The summed E-state index contributed by atoms with van der Waals surface area (Å²) < 4.78 is 0. The first kappa shape index (κ1) is 14.3. The highest BCUT2D eigenvalue weighted by Crippen LogP contribution is 2.14. The van der Waals surface area contributed by atoms with Crippen molar-refractivity contribution in [2.75, 3.05) is 10.6 Å². The van der Waals surface area contributed by atoms with Gasteiger partial charge in [-0.1, -0.05) is 12.1 Å². The first-order valence-electron chi connectivity index (χ1n) is 6.27. The van der Waals surface area contributed by atoms with Crippen molar-refractivity contribution in [2.24, 2.45) is 0 Å². The summed E-state index contributed by atoms with van der Waals surface area (Å²) in [4.78, 5) is 23.2. The minimum absolute atomic E-state index is 0.200. The van der Waals surface area contributed by atoms with Crippen LogP contribution in [-0.2, 0) is 4.79 Å². The minimum Gasteiger partial charge on any atom is -0.326 e. The molecule has 0 saturated heterocycles. The Morgan fingerprint density at radius 2 is 1.67 bits per heavy atom. The molecule has 0 radical (unpaired) electrons. The van der Waals surface area contributed by atoms with Crippen LogP contribution in [0.15, 0.2) is 48.5 Å². The van der Waals surface area contributed by atoms with E-state index in [1.807, 2.05) is 6.07 Å². The molecule has 5 heteroatoms. The van der Waals surface area contributed by atoms with Gasteiger partial charge in [0, 0.05) is 23.9 Å². The predicted octanol–water partition coefficient (Wildman–Crippen LogP) is 2.77. The normalized spacial score (nSPS) is 9.52.